The molecule has 0 saturated carbocycles. The lowest BCUT2D eigenvalue weighted by Gasteiger charge is -2.42. The molecule has 0 spiro atoms. The fourth-order valence-electron chi connectivity index (χ4n) is 8.22. The molecular formula is C54H66NO3Si3. The van der Waals surface area contributed by atoms with E-state index < -0.39 is 27.1 Å². The molecule has 0 N–H and O–H groups in total. The number of hydrogen-bond donors (Lipinski definition) is 0. The van der Waals surface area contributed by atoms with E-state index in [1.807, 2.05) is 0 Å². The van der Waals surface area contributed by atoms with Gasteiger partial charge in [-0.2, -0.15) is 0 Å². The van der Waals surface area contributed by atoms with Crippen LogP contribution in [0, 0.1) is 0 Å². The highest BCUT2D eigenvalue weighted by Gasteiger charge is 2.38. The Labute approximate surface area is 373 Å². The van der Waals surface area contributed by atoms with Gasteiger partial charge in [0.2, 0.25) is 0 Å². The lowest BCUT2D eigenvalue weighted by molar-refractivity contribution is -0.134. The molecule has 3 atom stereocenters. The smallest absolute Gasteiger partial charge is 0.284 e. The van der Waals surface area contributed by atoms with Crippen molar-refractivity contribution < 1.29 is 13.3 Å². The van der Waals surface area contributed by atoms with Crippen LogP contribution in [0.2, 0.25) is 0 Å². The third-order valence-corrected chi connectivity index (χ3v) is 18.3. The predicted molar refractivity (Wildman–Crippen MR) is 263 cm³/mol. The molecule has 3 unspecified atom stereocenters. The van der Waals surface area contributed by atoms with Crippen LogP contribution in [0.25, 0.3) is 0 Å². The van der Waals surface area contributed by atoms with Gasteiger partial charge in [-0.3, -0.25) is 0 Å². The van der Waals surface area contributed by atoms with Gasteiger partial charge >= 0.3 is 0 Å². The zero-order valence-electron chi connectivity index (χ0n) is 38.5. The summed E-state index contributed by atoms with van der Waals surface area (Å²) in [5.41, 5.74) is 3.72. The molecule has 0 amide bonds. The number of nitrogens with zero attached hydrogens (tertiary/aromatic N) is 1. The molecule has 0 saturated heterocycles. The molecule has 0 bridgehead atoms. The summed E-state index contributed by atoms with van der Waals surface area (Å²) in [4.78, 5) is 2.36. The minimum atomic E-state index is -1.77. The van der Waals surface area contributed by atoms with E-state index in [1.165, 1.54) is 47.8 Å². The summed E-state index contributed by atoms with van der Waals surface area (Å²) in [7, 11) is -5.32. The average Bonchev–Trinajstić information content (AvgIpc) is 3.24. The maximum absolute atomic E-state index is 7.60. The van der Waals surface area contributed by atoms with Crippen molar-refractivity contribution >= 4 is 58.2 Å². The summed E-state index contributed by atoms with van der Waals surface area (Å²) < 4.78 is 22.8. The summed E-state index contributed by atoms with van der Waals surface area (Å²) in [6.45, 7) is 27.2. The molecule has 4 nitrogen and oxygen atoms in total. The van der Waals surface area contributed by atoms with E-state index in [9.17, 15) is 0 Å². The third-order valence-electron chi connectivity index (χ3n) is 11.2. The van der Waals surface area contributed by atoms with Crippen LogP contribution in [-0.4, -0.2) is 50.7 Å². The third kappa shape index (κ3) is 11.4. The Morgan fingerprint density at radius 3 is 0.770 bits per heavy atom. The Morgan fingerprint density at radius 2 is 0.541 bits per heavy atom. The summed E-state index contributed by atoms with van der Waals surface area (Å²) in [6, 6.07) is 59.0. The molecule has 0 aliphatic rings. The molecule has 0 aliphatic carbocycles. The first-order chi connectivity index (χ1) is 28.9. The molecular weight excluding hydrogens is 795 g/mol. The zero-order valence-corrected chi connectivity index (χ0v) is 41.5. The summed E-state index contributed by atoms with van der Waals surface area (Å²) >= 11 is 0. The molecule has 0 fully saturated rings. The Hall–Kier alpha value is -4.19. The van der Waals surface area contributed by atoms with Crippen LogP contribution in [0.4, 0.5) is 0 Å². The van der Waals surface area contributed by atoms with Crippen LogP contribution in [0.15, 0.2) is 164 Å². The highest BCUT2D eigenvalue weighted by Crippen LogP contribution is 2.26. The topological polar surface area (TPSA) is 30.9 Å². The molecule has 317 valence electrons. The average molecular weight is 861 g/mol. The van der Waals surface area contributed by atoms with Gasteiger partial charge in [0.25, 0.3) is 27.1 Å². The molecule has 0 aliphatic heterocycles. The molecule has 0 aromatic heterocycles. The number of benzene rings is 6. The van der Waals surface area contributed by atoms with Crippen LogP contribution < -0.4 is 31.1 Å². The van der Waals surface area contributed by atoms with Crippen molar-refractivity contribution in [3.63, 3.8) is 0 Å². The van der Waals surface area contributed by atoms with Crippen molar-refractivity contribution in [1.29, 1.82) is 0 Å². The van der Waals surface area contributed by atoms with Gasteiger partial charge in [0.05, 0.1) is 0 Å². The van der Waals surface area contributed by atoms with Gasteiger partial charge in [-0.05, 0) is 84.8 Å². The highest BCUT2D eigenvalue weighted by atomic mass is 28.3. The van der Waals surface area contributed by atoms with Crippen molar-refractivity contribution in [3.8, 4) is 0 Å². The van der Waals surface area contributed by atoms with Crippen molar-refractivity contribution in [1.82, 2.24) is 4.90 Å². The summed E-state index contributed by atoms with van der Waals surface area (Å²) in [5, 5.41) is 7.42. The highest BCUT2D eigenvalue weighted by molar-refractivity contribution is 6.81. The fourth-order valence-corrected chi connectivity index (χ4v) is 15.7. The Balaban J connectivity index is 1.49. The van der Waals surface area contributed by atoms with Crippen LogP contribution in [0.3, 0.4) is 0 Å². The molecule has 3 radical (unpaired) electrons. The summed E-state index contributed by atoms with van der Waals surface area (Å²) in [6.07, 6.45) is -1.16. The summed E-state index contributed by atoms with van der Waals surface area (Å²) in [5.74, 6) is 0. The van der Waals surface area contributed by atoms with Crippen LogP contribution in [-0.2, 0) is 29.5 Å². The van der Waals surface area contributed by atoms with E-state index in [-0.39, 0.29) is 34.9 Å². The van der Waals surface area contributed by atoms with E-state index in [0.29, 0.717) is 0 Å². The van der Waals surface area contributed by atoms with Gasteiger partial charge in [0.15, 0.2) is 0 Å². The van der Waals surface area contributed by atoms with Gasteiger partial charge in [0, 0.05) is 0 Å². The van der Waals surface area contributed by atoms with Gasteiger partial charge < -0.3 is 13.3 Å². The van der Waals surface area contributed by atoms with Gasteiger partial charge in [0.1, 0.15) is 18.7 Å². The molecule has 61 heavy (non-hydrogen) atoms. The monoisotopic (exact) mass is 860 g/mol. The van der Waals surface area contributed by atoms with E-state index in [4.69, 9.17) is 13.3 Å². The predicted octanol–water partition coefficient (Wildman–Crippen LogP) is 8.69. The largest absolute Gasteiger partial charge is 0.392 e. The van der Waals surface area contributed by atoms with Crippen LogP contribution in [0.1, 0.15) is 99.8 Å². The molecule has 6 aromatic carbocycles. The Bertz CT molecular complexity index is 2020. The zero-order chi connectivity index (χ0) is 44.0. The van der Waals surface area contributed by atoms with Gasteiger partial charge in [-0.25, -0.2) is 4.90 Å². The standard InChI is InChI=1S/C54H66NO3Si3/c1-40(56-59(43-28-16-13-17-29-43)49-37-25-22-34-46(49)52(4,5)6)55(41(2)57-60(44-30-18-14-19-31-44)50-38-26-23-35-47(50)53(7,8)9)42(3)58-61(45-32-20-15-21-33-45)51-39-27-24-36-48(51)54(10,11)12/h13-42H,1-12H3. The minimum absolute atomic E-state index is 0.0682. The lowest BCUT2D eigenvalue weighted by atomic mass is 9.87. The van der Waals surface area contributed by atoms with Crippen molar-refractivity contribution in [3.05, 3.63) is 180 Å². The number of rotatable bonds is 15. The van der Waals surface area contributed by atoms with E-state index in [0.717, 1.165) is 0 Å². The van der Waals surface area contributed by atoms with Crippen molar-refractivity contribution in [2.75, 3.05) is 0 Å². The fraction of sp³-hybridized carbons (Fsp3) is 0.333. The second-order valence-corrected chi connectivity index (χ2v) is 25.1. The van der Waals surface area contributed by atoms with Crippen molar-refractivity contribution in [2.45, 2.75) is 118 Å². The second kappa shape index (κ2) is 19.9. The second-order valence-electron chi connectivity index (χ2n) is 19.1. The number of hydrogen-bond acceptors (Lipinski definition) is 4. The lowest BCUT2D eigenvalue weighted by Crippen LogP contribution is -2.61. The maximum atomic E-state index is 7.60. The van der Waals surface area contributed by atoms with E-state index >= 15 is 0 Å². The Morgan fingerprint density at radius 1 is 0.328 bits per heavy atom. The minimum Gasteiger partial charge on any atom is -0.392 e. The SMILES string of the molecule is CC(O[Si](c1ccccc1)c1ccccc1C(C)(C)C)N(C(C)O[Si](c1ccccc1)c1ccccc1C(C)(C)C)C(C)O[Si](c1ccccc1)c1ccccc1C(C)(C)C. The quantitative estimate of drug-likeness (QED) is 0.0765. The van der Waals surface area contributed by atoms with Gasteiger partial charge in [-0.15, -0.1) is 0 Å². The maximum Gasteiger partial charge on any atom is 0.284 e. The Kier molecular flexibility index (Phi) is 15.1. The van der Waals surface area contributed by atoms with E-state index in [1.54, 1.807) is 0 Å². The van der Waals surface area contributed by atoms with E-state index in [2.05, 4.69) is 252 Å². The molecule has 6 aromatic rings. The van der Waals surface area contributed by atoms with Crippen LogP contribution in [0.5, 0.6) is 0 Å². The molecule has 0 heterocycles. The van der Waals surface area contributed by atoms with Gasteiger partial charge in [-0.1, -0.05) is 226 Å². The molecule has 7 heteroatoms. The first kappa shape index (κ1) is 46.3. The normalized spacial score (nSPS) is 14.2. The first-order valence-electron chi connectivity index (χ1n) is 21.8. The first-order valence-corrected chi connectivity index (χ1v) is 26.0. The van der Waals surface area contributed by atoms with Crippen LogP contribution >= 0.6 is 0 Å². The van der Waals surface area contributed by atoms with Crippen molar-refractivity contribution in [2.24, 2.45) is 0 Å². The molecule has 6 rings (SSSR count).